The minimum absolute atomic E-state index is 0.0354. The van der Waals surface area contributed by atoms with Gasteiger partial charge in [0.1, 0.15) is 22.5 Å². The summed E-state index contributed by atoms with van der Waals surface area (Å²) in [4.78, 5) is 14.0. The van der Waals surface area contributed by atoms with Gasteiger partial charge in [0.15, 0.2) is 0 Å². The number of ether oxygens (including phenoxy) is 1. The molecule has 5 heteroatoms. The smallest absolute Gasteiger partial charge is 0.234 e. The third-order valence-electron chi connectivity index (χ3n) is 3.86. The summed E-state index contributed by atoms with van der Waals surface area (Å²) in [5.74, 6) is 0.971. The maximum atomic E-state index is 13.9. The first-order valence-corrected chi connectivity index (χ1v) is 9.32. The van der Waals surface area contributed by atoms with Gasteiger partial charge in [-0.15, -0.1) is 11.8 Å². The number of rotatable bonds is 4. The number of hydrogen-bond acceptors (Lipinski definition) is 3. The molecule has 0 aliphatic carbocycles. The van der Waals surface area contributed by atoms with Crippen LogP contribution in [0.3, 0.4) is 0 Å². The summed E-state index contributed by atoms with van der Waals surface area (Å²) in [6.45, 7) is 6.29. The molecule has 3 nitrogen and oxygen atoms in total. The van der Waals surface area contributed by atoms with Crippen molar-refractivity contribution in [3.8, 4) is 5.75 Å². The van der Waals surface area contributed by atoms with E-state index in [1.165, 1.54) is 6.07 Å². The average molecular weight is 359 g/mol. The molecule has 2 aromatic rings. The van der Waals surface area contributed by atoms with Gasteiger partial charge >= 0.3 is 0 Å². The molecule has 1 amide bonds. The summed E-state index contributed by atoms with van der Waals surface area (Å²) in [6.07, 6.45) is 0. The van der Waals surface area contributed by atoms with Crippen LogP contribution in [0.25, 0.3) is 0 Å². The Hall–Kier alpha value is -2.01. The number of nitrogens with zero attached hydrogens (tertiary/aromatic N) is 1. The fourth-order valence-corrected chi connectivity index (χ4v) is 3.95. The van der Waals surface area contributed by atoms with Crippen LogP contribution < -0.4 is 4.74 Å². The lowest BCUT2D eigenvalue weighted by atomic mass is 10.1. The van der Waals surface area contributed by atoms with Crippen molar-refractivity contribution in [2.24, 2.45) is 0 Å². The van der Waals surface area contributed by atoms with Crippen molar-refractivity contribution in [3.63, 3.8) is 0 Å². The highest BCUT2D eigenvalue weighted by molar-refractivity contribution is 8.00. The van der Waals surface area contributed by atoms with Gasteiger partial charge in [-0.25, -0.2) is 4.39 Å². The van der Waals surface area contributed by atoms with Crippen LogP contribution in [0, 0.1) is 5.82 Å². The maximum Gasteiger partial charge on any atom is 0.234 e. The number of benzene rings is 2. The minimum atomic E-state index is -0.278. The number of carbonyl (C=O) groups excluding carboxylic acids is 1. The zero-order chi connectivity index (χ0) is 18.0. The molecule has 0 spiro atoms. The van der Waals surface area contributed by atoms with Gasteiger partial charge < -0.3 is 9.64 Å². The first-order chi connectivity index (χ1) is 11.8. The molecule has 0 radical (unpaired) electrons. The molecular weight excluding hydrogens is 337 g/mol. The molecule has 0 bridgehead atoms. The quantitative estimate of drug-likeness (QED) is 0.787. The topological polar surface area (TPSA) is 29.5 Å². The molecule has 1 heterocycles. The monoisotopic (exact) mass is 359 g/mol. The van der Waals surface area contributed by atoms with Gasteiger partial charge in [0.2, 0.25) is 5.91 Å². The Labute approximate surface area is 152 Å². The zero-order valence-electron chi connectivity index (χ0n) is 14.7. The highest BCUT2D eigenvalue weighted by Crippen LogP contribution is 2.40. The first kappa shape index (κ1) is 17.8. The second-order valence-corrected chi connectivity index (χ2v) is 8.13. The molecule has 3 rings (SSSR count). The highest BCUT2D eigenvalue weighted by atomic mass is 32.2. The fraction of sp³-hybridized carbons (Fsp3) is 0.350. The number of thioether (sulfide) groups is 1. The molecule has 0 aromatic heterocycles. The average Bonchev–Trinajstić information content (AvgIpc) is 2.90. The van der Waals surface area contributed by atoms with Crippen molar-refractivity contribution < 1.29 is 13.9 Å². The molecule has 1 atom stereocenters. The molecule has 132 valence electrons. The molecule has 0 N–H and O–H groups in total. The van der Waals surface area contributed by atoms with Crippen molar-refractivity contribution in [2.75, 3.05) is 5.75 Å². The van der Waals surface area contributed by atoms with E-state index in [4.69, 9.17) is 4.74 Å². The Bertz CT molecular complexity index is 755. The maximum absolute atomic E-state index is 13.9. The SMILES string of the molecule is CC(C)(C)Oc1ccc(C2SCC(=O)N2Cc2ccccc2F)cc1. The third-order valence-corrected chi connectivity index (χ3v) is 5.11. The lowest BCUT2D eigenvalue weighted by Crippen LogP contribution is -2.28. The summed E-state index contributed by atoms with van der Waals surface area (Å²) < 4.78 is 19.8. The van der Waals surface area contributed by atoms with E-state index >= 15 is 0 Å². The predicted molar refractivity (Wildman–Crippen MR) is 99.0 cm³/mol. The highest BCUT2D eigenvalue weighted by Gasteiger charge is 2.33. The van der Waals surface area contributed by atoms with Gasteiger partial charge in [-0.3, -0.25) is 4.79 Å². The molecule has 0 saturated carbocycles. The van der Waals surface area contributed by atoms with E-state index in [1.54, 1.807) is 34.9 Å². The van der Waals surface area contributed by atoms with Crippen LogP contribution in [0.4, 0.5) is 4.39 Å². The van der Waals surface area contributed by atoms with Crippen LogP contribution in [-0.2, 0) is 11.3 Å². The van der Waals surface area contributed by atoms with Gasteiger partial charge in [0, 0.05) is 12.1 Å². The molecule has 1 unspecified atom stereocenters. The van der Waals surface area contributed by atoms with Crippen molar-refractivity contribution in [1.82, 2.24) is 4.90 Å². The van der Waals surface area contributed by atoms with Crippen molar-refractivity contribution in [1.29, 1.82) is 0 Å². The molecule has 1 aliphatic heterocycles. The lowest BCUT2D eigenvalue weighted by molar-refractivity contribution is -0.128. The second kappa shape index (κ2) is 7.08. The van der Waals surface area contributed by atoms with Crippen LogP contribution in [0.15, 0.2) is 48.5 Å². The molecule has 1 aliphatic rings. The largest absolute Gasteiger partial charge is 0.488 e. The van der Waals surface area contributed by atoms with E-state index in [-0.39, 0.29) is 29.2 Å². The normalized spacial score (nSPS) is 17.8. The van der Waals surface area contributed by atoms with E-state index in [9.17, 15) is 9.18 Å². The Morgan fingerprint density at radius 3 is 2.48 bits per heavy atom. The van der Waals surface area contributed by atoms with Crippen molar-refractivity contribution in [3.05, 3.63) is 65.5 Å². The molecule has 1 fully saturated rings. The van der Waals surface area contributed by atoms with Gasteiger partial charge in [-0.2, -0.15) is 0 Å². The Morgan fingerprint density at radius 2 is 1.84 bits per heavy atom. The van der Waals surface area contributed by atoms with E-state index in [2.05, 4.69) is 0 Å². The number of hydrogen-bond donors (Lipinski definition) is 0. The van der Waals surface area contributed by atoms with Crippen LogP contribution in [-0.4, -0.2) is 22.2 Å². The van der Waals surface area contributed by atoms with Gasteiger partial charge in [0.05, 0.1) is 5.75 Å². The standard InChI is InChI=1S/C20H22FNO2S/c1-20(2,3)24-16-10-8-14(9-11-16)19-22(18(23)13-25-19)12-15-6-4-5-7-17(15)21/h4-11,19H,12-13H2,1-3H3. The molecule has 25 heavy (non-hydrogen) atoms. The zero-order valence-corrected chi connectivity index (χ0v) is 15.5. The minimum Gasteiger partial charge on any atom is -0.488 e. The van der Waals surface area contributed by atoms with E-state index in [1.807, 2.05) is 45.0 Å². The summed E-state index contributed by atoms with van der Waals surface area (Å²) in [7, 11) is 0. The van der Waals surface area contributed by atoms with Gasteiger partial charge in [-0.1, -0.05) is 30.3 Å². The predicted octanol–water partition coefficient (Wildman–Crippen LogP) is 4.78. The number of carbonyl (C=O) groups is 1. The Kier molecular flexibility index (Phi) is 5.04. The molecular formula is C20H22FNO2S. The first-order valence-electron chi connectivity index (χ1n) is 8.27. The van der Waals surface area contributed by atoms with E-state index in [0.29, 0.717) is 11.3 Å². The summed E-state index contributed by atoms with van der Waals surface area (Å²) >= 11 is 1.57. The second-order valence-electron chi connectivity index (χ2n) is 7.06. The summed E-state index contributed by atoms with van der Waals surface area (Å²) in [6, 6.07) is 14.4. The number of halogens is 1. The Balaban J connectivity index is 1.78. The van der Waals surface area contributed by atoms with E-state index in [0.717, 1.165) is 11.3 Å². The fourth-order valence-electron chi connectivity index (χ4n) is 2.77. The van der Waals surface area contributed by atoms with Gasteiger partial charge in [0.25, 0.3) is 0 Å². The van der Waals surface area contributed by atoms with Crippen LogP contribution in [0.2, 0.25) is 0 Å². The van der Waals surface area contributed by atoms with Crippen LogP contribution >= 0.6 is 11.8 Å². The lowest BCUT2D eigenvalue weighted by Gasteiger charge is -2.25. The van der Waals surface area contributed by atoms with Gasteiger partial charge in [-0.05, 0) is 44.5 Å². The third kappa shape index (κ3) is 4.34. The molecule has 1 saturated heterocycles. The van der Waals surface area contributed by atoms with E-state index < -0.39 is 0 Å². The van der Waals surface area contributed by atoms with Crippen molar-refractivity contribution >= 4 is 17.7 Å². The van der Waals surface area contributed by atoms with Crippen LogP contribution in [0.5, 0.6) is 5.75 Å². The summed E-state index contributed by atoms with van der Waals surface area (Å²) in [5, 5.41) is -0.101. The van der Waals surface area contributed by atoms with Crippen molar-refractivity contribution in [2.45, 2.75) is 38.3 Å². The number of amides is 1. The Morgan fingerprint density at radius 1 is 1.16 bits per heavy atom. The summed E-state index contributed by atoms with van der Waals surface area (Å²) in [5.41, 5.74) is 1.31. The van der Waals surface area contributed by atoms with Crippen LogP contribution in [0.1, 0.15) is 37.3 Å². The molecule has 2 aromatic carbocycles.